The Kier molecular flexibility index (Phi) is 8.10. The number of anilines is 1. The normalized spacial score (nSPS) is 13.5. The zero-order chi connectivity index (χ0) is 25.7. The van der Waals surface area contributed by atoms with Crippen LogP contribution in [-0.4, -0.2) is 59.8 Å². The van der Waals surface area contributed by atoms with Gasteiger partial charge >= 0.3 is 0 Å². The van der Waals surface area contributed by atoms with Gasteiger partial charge in [-0.05, 0) is 55.8 Å². The van der Waals surface area contributed by atoms with E-state index >= 15 is 0 Å². The lowest BCUT2D eigenvalue weighted by molar-refractivity contribution is -0.130. The maximum atomic E-state index is 13.0. The molecule has 0 bridgehead atoms. The molecule has 1 aromatic heterocycles. The Hall–Kier alpha value is -3.59. The van der Waals surface area contributed by atoms with Crippen LogP contribution in [0.1, 0.15) is 34.1 Å². The number of carbonyl (C=O) groups is 2. The van der Waals surface area contributed by atoms with Crippen LogP contribution in [0.25, 0.3) is 0 Å². The summed E-state index contributed by atoms with van der Waals surface area (Å²) in [7, 11) is 1.63. The van der Waals surface area contributed by atoms with Crippen LogP contribution in [0.4, 0.5) is 5.69 Å². The topological polar surface area (TPSA) is 95.6 Å². The molecule has 0 saturated carbocycles. The number of ketones is 1. The molecule has 0 spiro atoms. The first-order valence-corrected chi connectivity index (χ1v) is 12.8. The van der Waals surface area contributed by atoms with E-state index in [4.69, 9.17) is 4.74 Å². The summed E-state index contributed by atoms with van der Waals surface area (Å²) in [6.45, 7) is 5.86. The second kappa shape index (κ2) is 11.4. The van der Waals surface area contributed by atoms with Crippen molar-refractivity contribution in [2.45, 2.75) is 31.2 Å². The van der Waals surface area contributed by atoms with Gasteiger partial charge in [0.1, 0.15) is 5.75 Å². The number of carbonyl (C=O) groups excluding carboxylic acids is 2. The van der Waals surface area contributed by atoms with Gasteiger partial charge < -0.3 is 19.5 Å². The third-order valence-corrected chi connectivity index (χ3v) is 7.25. The number of amides is 1. The molecule has 2 aromatic carbocycles. The Bertz CT molecular complexity index is 1300. The maximum absolute atomic E-state index is 13.0. The molecule has 188 valence electrons. The number of aryl methyl sites for hydroxylation is 1. The lowest BCUT2D eigenvalue weighted by Gasteiger charge is -2.36. The first-order valence-electron chi connectivity index (χ1n) is 11.8. The van der Waals surface area contributed by atoms with E-state index in [2.05, 4.69) is 14.9 Å². The number of hydrogen-bond donors (Lipinski definition) is 1. The number of hydrogen-bond acceptors (Lipinski definition) is 7. The minimum absolute atomic E-state index is 0.0301. The molecule has 1 N–H and O–H groups in total. The van der Waals surface area contributed by atoms with E-state index in [9.17, 15) is 14.4 Å². The molecule has 1 saturated heterocycles. The van der Waals surface area contributed by atoms with Crippen LogP contribution in [0.5, 0.6) is 5.75 Å². The zero-order valence-corrected chi connectivity index (χ0v) is 21.6. The van der Waals surface area contributed by atoms with Gasteiger partial charge in [0, 0.05) is 54.4 Å². The third-order valence-electron chi connectivity index (χ3n) is 6.31. The Morgan fingerprint density at radius 2 is 1.81 bits per heavy atom. The number of rotatable bonds is 8. The first-order chi connectivity index (χ1) is 17.3. The fraction of sp³-hybridized carbons (Fsp3) is 0.333. The second-order valence-corrected chi connectivity index (χ2v) is 9.69. The molecule has 1 amide bonds. The Morgan fingerprint density at radius 3 is 2.44 bits per heavy atom. The van der Waals surface area contributed by atoms with Crippen LogP contribution in [0, 0.1) is 6.92 Å². The summed E-state index contributed by atoms with van der Waals surface area (Å²) in [5.74, 6) is 1.39. The summed E-state index contributed by atoms with van der Waals surface area (Å²) in [4.78, 5) is 48.6. The molecule has 9 heteroatoms. The van der Waals surface area contributed by atoms with E-state index in [1.165, 1.54) is 11.8 Å². The molecule has 0 unspecified atom stereocenters. The lowest BCUT2D eigenvalue weighted by atomic mass is 10.1. The van der Waals surface area contributed by atoms with Crippen LogP contribution in [0.15, 0.2) is 58.5 Å². The summed E-state index contributed by atoms with van der Waals surface area (Å²) in [5, 5.41) is 0.529. The molecule has 0 atom stereocenters. The fourth-order valence-corrected chi connectivity index (χ4v) is 5.01. The van der Waals surface area contributed by atoms with Gasteiger partial charge in [0.05, 0.1) is 13.5 Å². The summed E-state index contributed by atoms with van der Waals surface area (Å²) in [6, 6.07) is 15.3. The number of methoxy groups -OCH3 is 1. The molecule has 1 fully saturated rings. The molecular weight excluding hydrogens is 476 g/mol. The van der Waals surface area contributed by atoms with Gasteiger partial charge in [-0.25, -0.2) is 4.98 Å². The predicted octanol–water partition coefficient (Wildman–Crippen LogP) is 3.47. The number of H-pyrrole nitrogens is 1. The van der Waals surface area contributed by atoms with Crippen LogP contribution in [-0.2, 0) is 17.0 Å². The Labute approximate surface area is 214 Å². The highest BCUT2D eigenvalue weighted by atomic mass is 32.2. The average molecular weight is 507 g/mol. The van der Waals surface area contributed by atoms with Crippen molar-refractivity contribution in [2.24, 2.45) is 0 Å². The Balaban J connectivity index is 1.33. The molecule has 36 heavy (non-hydrogen) atoms. The van der Waals surface area contributed by atoms with E-state index in [-0.39, 0.29) is 23.7 Å². The molecule has 2 heterocycles. The minimum atomic E-state index is -0.270. The molecule has 0 radical (unpaired) electrons. The number of thioether (sulfide) groups is 1. The zero-order valence-electron chi connectivity index (χ0n) is 20.7. The number of aromatic amines is 1. The van der Waals surface area contributed by atoms with E-state index in [1.807, 2.05) is 48.5 Å². The second-order valence-electron chi connectivity index (χ2n) is 8.72. The lowest BCUT2D eigenvalue weighted by Crippen LogP contribution is -2.49. The fourth-order valence-electron chi connectivity index (χ4n) is 4.16. The SMILES string of the molecule is COc1cccc(CSc2nc(C)c(CC(=O)N3CCN(c4ccc(C(C)=O)cc4)CC3)c(=O)[nH]2)c1. The predicted molar refractivity (Wildman–Crippen MR) is 141 cm³/mol. The highest BCUT2D eigenvalue weighted by molar-refractivity contribution is 7.98. The number of Topliss-reactive ketones (excluding diaryl/α,β-unsaturated/α-hetero) is 1. The van der Waals surface area contributed by atoms with Gasteiger partial charge in [-0.3, -0.25) is 14.4 Å². The van der Waals surface area contributed by atoms with Crippen LogP contribution < -0.4 is 15.2 Å². The number of piperazine rings is 1. The van der Waals surface area contributed by atoms with Crippen molar-refractivity contribution in [3.63, 3.8) is 0 Å². The van der Waals surface area contributed by atoms with E-state index in [1.54, 1.807) is 25.9 Å². The quantitative estimate of drug-likeness (QED) is 0.284. The summed E-state index contributed by atoms with van der Waals surface area (Å²) >= 11 is 1.44. The average Bonchev–Trinajstić information content (AvgIpc) is 2.89. The van der Waals surface area contributed by atoms with Crippen LogP contribution in [0.3, 0.4) is 0 Å². The molecule has 1 aliphatic heterocycles. The first kappa shape index (κ1) is 25.5. The number of ether oxygens (including phenoxy) is 1. The van der Waals surface area contributed by atoms with Gasteiger partial charge in [-0.15, -0.1) is 0 Å². The summed E-state index contributed by atoms with van der Waals surface area (Å²) in [5.41, 5.74) is 3.50. The minimum Gasteiger partial charge on any atom is -0.497 e. The summed E-state index contributed by atoms with van der Waals surface area (Å²) in [6.07, 6.45) is 0.0301. The van der Waals surface area contributed by atoms with Gasteiger partial charge in [-0.1, -0.05) is 23.9 Å². The Morgan fingerprint density at radius 1 is 1.08 bits per heavy atom. The molecule has 8 nitrogen and oxygen atoms in total. The summed E-state index contributed by atoms with van der Waals surface area (Å²) < 4.78 is 5.26. The van der Waals surface area contributed by atoms with Gasteiger partial charge in [0.25, 0.3) is 5.56 Å². The van der Waals surface area contributed by atoms with E-state index in [0.29, 0.717) is 53.9 Å². The number of aromatic nitrogens is 2. The van der Waals surface area contributed by atoms with Crippen LogP contribution >= 0.6 is 11.8 Å². The van der Waals surface area contributed by atoms with Crippen molar-refractivity contribution in [2.75, 3.05) is 38.2 Å². The largest absolute Gasteiger partial charge is 0.497 e. The highest BCUT2D eigenvalue weighted by Gasteiger charge is 2.23. The number of nitrogens with one attached hydrogen (secondary N) is 1. The molecule has 0 aliphatic carbocycles. The highest BCUT2D eigenvalue weighted by Crippen LogP contribution is 2.22. The van der Waals surface area contributed by atoms with Gasteiger partial charge in [0.2, 0.25) is 5.91 Å². The van der Waals surface area contributed by atoms with Crippen molar-refractivity contribution in [3.05, 3.63) is 81.3 Å². The van der Waals surface area contributed by atoms with E-state index < -0.39 is 0 Å². The van der Waals surface area contributed by atoms with Crippen molar-refractivity contribution in [3.8, 4) is 5.75 Å². The standard InChI is InChI=1S/C27H30N4O4S/c1-18-24(26(34)29-27(28-18)36-17-20-5-4-6-23(15-20)35-3)16-25(33)31-13-11-30(12-14-31)22-9-7-21(8-10-22)19(2)32/h4-10,15H,11-14,16-17H2,1-3H3,(H,28,29,34). The maximum Gasteiger partial charge on any atom is 0.255 e. The van der Waals surface area contributed by atoms with Gasteiger partial charge in [0.15, 0.2) is 10.9 Å². The molecular formula is C27H30N4O4S. The third kappa shape index (κ3) is 6.15. The number of nitrogens with zero attached hydrogens (tertiary/aromatic N) is 3. The smallest absolute Gasteiger partial charge is 0.255 e. The molecule has 3 aromatic rings. The van der Waals surface area contributed by atoms with Crippen molar-refractivity contribution < 1.29 is 14.3 Å². The monoisotopic (exact) mass is 506 g/mol. The van der Waals surface area contributed by atoms with Gasteiger partial charge in [-0.2, -0.15) is 0 Å². The van der Waals surface area contributed by atoms with Crippen molar-refractivity contribution in [1.82, 2.24) is 14.9 Å². The molecule has 1 aliphatic rings. The van der Waals surface area contributed by atoms with E-state index in [0.717, 1.165) is 17.0 Å². The van der Waals surface area contributed by atoms with Crippen molar-refractivity contribution >= 4 is 29.1 Å². The van der Waals surface area contributed by atoms with Crippen LogP contribution in [0.2, 0.25) is 0 Å². The van der Waals surface area contributed by atoms with Crippen molar-refractivity contribution in [1.29, 1.82) is 0 Å². The number of benzene rings is 2. The molecule has 4 rings (SSSR count).